The maximum Gasteiger partial charge on any atom is 0.258 e. The SMILES string of the molecule is CC(C)Oc1ccc(NC(=O)c2cnc(N3CCN(C)CC3)nc2)cc1. The molecular formula is C19H25N5O2. The molecule has 1 aliphatic rings. The van der Waals surface area contributed by atoms with Crippen molar-refractivity contribution < 1.29 is 9.53 Å². The van der Waals surface area contributed by atoms with Gasteiger partial charge in [0.2, 0.25) is 5.95 Å². The number of piperazine rings is 1. The molecule has 1 amide bonds. The average Bonchev–Trinajstić information content (AvgIpc) is 2.64. The van der Waals surface area contributed by atoms with Crippen LogP contribution in [0.1, 0.15) is 24.2 Å². The van der Waals surface area contributed by atoms with Crippen molar-refractivity contribution in [1.82, 2.24) is 14.9 Å². The maximum absolute atomic E-state index is 12.4. The smallest absolute Gasteiger partial charge is 0.258 e. The van der Waals surface area contributed by atoms with E-state index in [0.29, 0.717) is 17.2 Å². The molecule has 0 unspecified atom stereocenters. The molecule has 0 radical (unpaired) electrons. The minimum Gasteiger partial charge on any atom is -0.491 e. The molecule has 2 heterocycles. The molecule has 26 heavy (non-hydrogen) atoms. The Hall–Kier alpha value is -2.67. The number of nitrogens with zero attached hydrogens (tertiary/aromatic N) is 4. The molecule has 1 aromatic heterocycles. The van der Waals surface area contributed by atoms with Crippen LogP contribution in [0.15, 0.2) is 36.7 Å². The monoisotopic (exact) mass is 355 g/mol. The van der Waals surface area contributed by atoms with Crippen LogP contribution in [0.3, 0.4) is 0 Å². The van der Waals surface area contributed by atoms with E-state index < -0.39 is 0 Å². The van der Waals surface area contributed by atoms with Crippen LogP contribution in [0.5, 0.6) is 5.75 Å². The fourth-order valence-corrected chi connectivity index (χ4v) is 2.70. The lowest BCUT2D eigenvalue weighted by atomic mass is 10.2. The predicted molar refractivity (Wildman–Crippen MR) is 102 cm³/mol. The molecule has 1 N–H and O–H groups in total. The molecule has 7 heteroatoms. The summed E-state index contributed by atoms with van der Waals surface area (Å²) in [6, 6.07) is 7.30. The molecule has 0 atom stereocenters. The lowest BCUT2D eigenvalue weighted by Gasteiger charge is -2.32. The number of nitrogens with one attached hydrogen (secondary N) is 1. The average molecular weight is 355 g/mol. The largest absolute Gasteiger partial charge is 0.491 e. The summed E-state index contributed by atoms with van der Waals surface area (Å²) in [7, 11) is 2.10. The first-order valence-electron chi connectivity index (χ1n) is 8.85. The van der Waals surface area contributed by atoms with Gasteiger partial charge in [-0.1, -0.05) is 0 Å². The van der Waals surface area contributed by atoms with Crippen LogP contribution in [-0.2, 0) is 0 Å². The number of hydrogen-bond acceptors (Lipinski definition) is 6. The molecule has 2 aromatic rings. The Morgan fingerprint density at radius 1 is 1.08 bits per heavy atom. The second-order valence-electron chi connectivity index (χ2n) is 6.71. The van der Waals surface area contributed by atoms with Crippen LogP contribution in [0.4, 0.5) is 11.6 Å². The molecule has 0 spiro atoms. The van der Waals surface area contributed by atoms with E-state index in [9.17, 15) is 4.79 Å². The predicted octanol–water partition coefficient (Wildman–Crippen LogP) is 2.27. The summed E-state index contributed by atoms with van der Waals surface area (Å²) < 4.78 is 5.60. The number of likely N-dealkylation sites (N-methyl/N-ethyl adjacent to an activating group) is 1. The van der Waals surface area contributed by atoms with Crippen LogP contribution in [0.2, 0.25) is 0 Å². The topological polar surface area (TPSA) is 70.6 Å². The molecule has 1 saturated heterocycles. The van der Waals surface area contributed by atoms with Crippen molar-refractivity contribution in [3.05, 3.63) is 42.2 Å². The first-order chi connectivity index (χ1) is 12.5. The van der Waals surface area contributed by atoms with Gasteiger partial charge >= 0.3 is 0 Å². The second-order valence-corrected chi connectivity index (χ2v) is 6.71. The zero-order chi connectivity index (χ0) is 18.5. The Labute approximate surface area is 154 Å². The summed E-state index contributed by atoms with van der Waals surface area (Å²) in [4.78, 5) is 25.5. The quantitative estimate of drug-likeness (QED) is 0.887. The van der Waals surface area contributed by atoms with Gasteiger partial charge in [-0.05, 0) is 45.2 Å². The zero-order valence-electron chi connectivity index (χ0n) is 15.5. The molecule has 138 valence electrons. The number of benzene rings is 1. The van der Waals surface area contributed by atoms with Gasteiger partial charge < -0.3 is 19.9 Å². The molecule has 1 fully saturated rings. The van der Waals surface area contributed by atoms with E-state index in [2.05, 4.69) is 32.1 Å². The number of hydrogen-bond donors (Lipinski definition) is 1. The van der Waals surface area contributed by atoms with Gasteiger partial charge in [-0.15, -0.1) is 0 Å². The fraction of sp³-hybridized carbons (Fsp3) is 0.421. The van der Waals surface area contributed by atoms with Crippen molar-refractivity contribution >= 4 is 17.5 Å². The number of carbonyl (C=O) groups excluding carboxylic acids is 1. The highest BCUT2D eigenvalue weighted by Gasteiger charge is 2.17. The Bertz CT molecular complexity index is 723. The number of amides is 1. The minimum absolute atomic E-state index is 0.117. The summed E-state index contributed by atoms with van der Waals surface area (Å²) in [5.74, 6) is 1.22. The second kappa shape index (κ2) is 8.14. The molecule has 7 nitrogen and oxygen atoms in total. The lowest BCUT2D eigenvalue weighted by Crippen LogP contribution is -2.45. The number of aromatic nitrogens is 2. The van der Waals surface area contributed by atoms with Crippen molar-refractivity contribution in [3.8, 4) is 5.75 Å². The van der Waals surface area contributed by atoms with Crippen LogP contribution in [0, 0.1) is 0 Å². The highest BCUT2D eigenvalue weighted by molar-refractivity contribution is 6.03. The van der Waals surface area contributed by atoms with Gasteiger partial charge in [-0.25, -0.2) is 9.97 Å². The molecule has 1 aromatic carbocycles. The first kappa shape index (κ1) is 18.1. The Kier molecular flexibility index (Phi) is 5.68. The van der Waals surface area contributed by atoms with E-state index in [1.807, 2.05) is 38.1 Å². The van der Waals surface area contributed by atoms with Crippen molar-refractivity contribution in [3.63, 3.8) is 0 Å². The molecule has 0 bridgehead atoms. The van der Waals surface area contributed by atoms with Gasteiger partial charge in [0.25, 0.3) is 5.91 Å². The highest BCUT2D eigenvalue weighted by atomic mass is 16.5. The van der Waals surface area contributed by atoms with Crippen molar-refractivity contribution in [1.29, 1.82) is 0 Å². The van der Waals surface area contributed by atoms with Crippen LogP contribution >= 0.6 is 0 Å². The zero-order valence-corrected chi connectivity index (χ0v) is 15.5. The number of anilines is 2. The van der Waals surface area contributed by atoms with E-state index in [-0.39, 0.29) is 12.0 Å². The summed E-state index contributed by atoms with van der Waals surface area (Å²) in [5.41, 5.74) is 1.14. The van der Waals surface area contributed by atoms with Gasteiger partial charge in [0.15, 0.2) is 0 Å². The third-order valence-electron chi connectivity index (χ3n) is 4.17. The van der Waals surface area contributed by atoms with Crippen LogP contribution < -0.4 is 15.0 Å². The van der Waals surface area contributed by atoms with Gasteiger partial charge in [-0.3, -0.25) is 4.79 Å². The van der Waals surface area contributed by atoms with Crippen molar-refractivity contribution in [2.24, 2.45) is 0 Å². The summed E-state index contributed by atoms with van der Waals surface area (Å²) in [6.45, 7) is 7.72. The fourth-order valence-electron chi connectivity index (χ4n) is 2.70. The van der Waals surface area contributed by atoms with Crippen LogP contribution in [0.25, 0.3) is 0 Å². The minimum atomic E-state index is -0.229. The van der Waals surface area contributed by atoms with Crippen molar-refractivity contribution in [2.75, 3.05) is 43.4 Å². The number of ether oxygens (including phenoxy) is 1. The molecular weight excluding hydrogens is 330 g/mol. The molecule has 0 saturated carbocycles. The van der Waals surface area contributed by atoms with E-state index >= 15 is 0 Å². The molecule has 3 rings (SSSR count). The van der Waals surface area contributed by atoms with Crippen LogP contribution in [-0.4, -0.2) is 60.1 Å². The standard InChI is InChI=1S/C19H25N5O2/c1-14(2)26-17-6-4-16(5-7-17)22-18(25)15-12-20-19(21-13-15)24-10-8-23(3)9-11-24/h4-7,12-14H,8-11H2,1-3H3,(H,22,25). The summed E-state index contributed by atoms with van der Waals surface area (Å²) in [6.07, 6.45) is 3.27. The number of rotatable bonds is 5. The molecule has 1 aliphatic heterocycles. The summed E-state index contributed by atoms with van der Waals surface area (Å²) in [5, 5.41) is 2.85. The van der Waals surface area contributed by atoms with E-state index in [0.717, 1.165) is 31.9 Å². The van der Waals surface area contributed by atoms with E-state index in [4.69, 9.17) is 4.74 Å². The number of carbonyl (C=O) groups is 1. The third kappa shape index (κ3) is 4.70. The van der Waals surface area contributed by atoms with Crippen molar-refractivity contribution in [2.45, 2.75) is 20.0 Å². The van der Waals surface area contributed by atoms with Gasteiger partial charge in [0, 0.05) is 44.3 Å². The normalized spacial score (nSPS) is 15.2. The Morgan fingerprint density at radius 2 is 1.69 bits per heavy atom. The Morgan fingerprint density at radius 3 is 2.27 bits per heavy atom. The molecule has 0 aliphatic carbocycles. The maximum atomic E-state index is 12.4. The van der Waals surface area contributed by atoms with Gasteiger partial charge in [0.1, 0.15) is 5.75 Å². The van der Waals surface area contributed by atoms with Gasteiger partial charge in [0.05, 0.1) is 11.7 Å². The van der Waals surface area contributed by atoms with Gasteiger partial charge in [-0.2, -0.15) is 0 Å². The Balaban J connectivity index is 1.59. The van der Waals surface area contributed by atoms with E-state index in [1.54, 1.807) is 12.4 Å². The first-order valence-corrected chi connectivity index (χ1v) is 8.85. The highest BCUT2D eigenvalue weighted by Crippen LogP contribution is 2.18. The summed E-state index contributed by atoms with van der Waals surface area (Å²) >= 11 is 0. The lowest BCUT2D eigenvalue weighted by molar-refractivity contribution is 0.102. The third-order valence-corrected chi connectivity index (χ3v) is 4.17. The van der Waals surface area contributed by atoms with E-state index in [1.165, 1.54) is 0 Å².